The van der Waals surface area contributed by atoms with Crippen molar-refractivity contribution in [3.8, 4) is 0 Å². The fourth-order valence-corrected chi connectivity index (χ4v) is 0. The normalized spacial score (nSPS) is 0. The van der Waals surface area contributed by atoms with Crippen molar-refractivity contribution in [2.45, 2.75) is 0 Å². The first-order valence-electron chi connectivity index (χ1n) is 0. The number of hydrogen-bond donors (Lipinski definition) is 0. The number of halogens is 6. The van der Waals surface area contributed by atoms with Gasteiger partial charge in [-0.25, -0.2) is 0 Å². The molecule has 0 aromatic heterocycles. The summed E-state index contributed by atoms with van der Waals surface area (Å²) in [5, 5.41) is 0. The maximum absolute atomic E-state index is 0. The first kappa shape index (κ1) is 610. The van der Waals surface area contributed by atoms with Crippen LogP contribution in [0, 0.1) is 0 Å². The topological polar surface area (TPSA) is 0 Å². The van der Waals surface area contributed by atoms with Crippen LogP contribution in [0.2, 0.25) is 0 Å². The molecule has 0 aliphatic heterocycles. The smallest absolute Gasteiger partial charge is 0.147 e. The van der Waals surface area contributed by atoms with Gasteiger partial charge in [0.05, 0.1) is 0 Å². The maximum Gasteiger partial charge on any atom is 1.00 e. The van der Waals surface area contributed by atoms with E-state index in [9.17, 15) is 0 Å². The van der Waals surface area contributed by atoms with E-state index < -0.39 is 0 Å². The molecular weight excluding hydrogens is 1800 g/mol. The van der Waals surface area contributed by atoms with E-state index in [0.29, 0.717) is 0 Å². The van der Waals surface area contributed by atoms with Crippen molar-refractivity contribution in [3.63, 3.8) is 0 Å². The van der Waals surface area contributed by atoms with Gasteiger partial charge in [-0.15, -0.1) is 74.4 Å². The van der Waals surface area contributed by atoms with E-state index in [1.54, 1.807) is 0 Å². The summed E-state index contributed by atoms with van der Waals surface area (Å²) in [4.78, 5) is 0. The minimum atomic E-state index is 0. The van der Waals surface area contributed by atoms with Gasteiger partial charge in [-0.1, -0.05) is 0 Å². The molecule has 0 spiro atoms. The minimum absolute atomic E-state index is 0. The third-order valence-electron chi connectivity index (χ3n) is 0. The average molecular weight is 1810 g/mol. The Kier molecular flexibility index (Phi) is 4860. The molecule has 0 aromatic carbocycles. The van der Waals surface area contributed by atoms with Gasteiger partial charge < -0.3 is 0 Å². The molecule has 0 aliphatic carbocycles. The molecular formula is H6Cl6Na69+69. The monoisotopic (exact) mass is 1800 g/mol. The zero-order chi connectivity index (χ0) is 0. The Bertz CT molecular complexity index is 30.2. The van der Waals surface area contributed by atoms with E-state index in [1.165, 1.54) is 0 Å². The Labute approximate surface area is 2030 Å². The van der Waals surface area contributed by atoms with E-state index in [4.69, 9.17) is 0 Å². The predicted molar refractivity (Wildman–Crippen MR) is 43.5 cm³/mol. The summed E-state index contributed by atoms with van der Waals surface area (Å²) in [7, 11) is 0. The van der Waals surface area contributed by atoms with Gasteiger partial charge in [-0.2, -0.15) is 0 Å². The van der Waals surface area contributed by atoms with E-state index in [2.05, 4.69) is 0 Å². The van der Waals surface area contributed by atoms with Crippen LogP contribution >= 0.6 is 74.4 Å². The maximum atomic E-state index is 0. The molecule has 0 aliphatic rings. The van der Waals surface area contributed by atoms with Gasteiger partial charge in [0.15, 0.2) is 0 Å². The van der Waals surface area contributed by atoms with E-state index in [-0.39, 0.29) is 2110 Å². The largest absolute Gasteiger partial charge is 1.00 e. The van der Waals surface area contributed by atoms with Crippen LogP contribution in [0.3, 0.4) is 0 Å². The van der Waals surface area contributed by atoms with Crippen molar-refractivity contribution in [2.75, 3.05) is 0 Å². The third-order valence-corrected chi connectivity index (χ3v) is 0. The first-order chi connectivity index (χ1) is 0. The fourth-order valence-electron chi connectivity index (χ4n) is 0. The zero-order valence-electron chi connectivity index (χ0n) is 71.4. The van der Waals surface area contributed by atoms with Crippen LogP contribution in [0.15, 0.2) is 0 Å². The second kappa shape index (κ2) is 598. The fraction of sp³-hybridized carbons (Fsp3) is 0. The van der Waals surface area contributed by atoms with Gasteiger partial charge in [-0.05, 0) is 0 Å². The molecule has 0 unspecified atom stereocenters. The van der Waals surface area contributed by atoms with Crippen molar-refractivity contribution in [1.82, 2.24) is 0 Å². The van der Waals surface area contributed by atoms with Gasteiger partial charge in [0.1, 0.15) is 0 Å². The molecule has 75 heavy (non-hydrogen) atoms. The molecule has 0 atom stereocenters. The van der Waals surface area contributed by atoms with Crippen LogP contribution in [0.5, 0.6) is 0 Å². The standard InChI is InChI=1S/6ClH.69Na/h6*1H;;;;;;;;;;;;;;;;;;;;;;;;;;;;;;;;;;;;;;;;;;;;;;;;;;;;;;;;;;;;;;;;;;;;;/q;;;;;;69*+1. The van der Waals surface area contributed by atoms with E-state index >= 15 is 0 Å². The molecule has 48 valence electrons. The number of rotatable bonds is 0. The first-order valence-corrected chi connectivity index (χ1v) is 0. The van der Waals surface area contributed by atoms with E-state index in [1.807, 2.05) is 0 Å². The molecule has 0 radical (unpaired) electrons. The molecule has 0 N–H and O–H groups in total. The third kappa shape index (κ3) is 589. The molecule has 0 bridgehead atoms. The van der Waals surface area contributed by atoms with Gasteiger partial charge >= 0.3 is 2040 Å². The summed E-state index contributed by atoms with van der Waals surface area (Å²) >= 11 is 0. The van der Waals surface area contributed by atoms with Crippen molar-refractivity contribution in [1.29, 1.82) is 0 Å². The summed E-state index contributed by atoms with van der Waals surface area (Å²) in [5.41, 5.74) is 0. The van der Waals surface area contributed by atoms with Crippen molar-refractivity contribution >= 4 is 74.4 Å². The van der Waals surface area contributed by atoms with Gasteiger partial charge in [0.2, 0.25) is 0 Å². The van der Waals surface area contributed by atoms with Gasteiger partial charge in [-0.3, -0.25) is 0 Å². The molecule has 0 saturated heterocycles. The Morgan fingerprint density at radius 3 is 0.0267 bits per heavy atom. The Morgan fingerprint density at radius 1 is 0.0267 bits per heavy atom. The van der Waals surface area contributed by atoms with Crippen LogP contribution in [0.4, 0.5) is 0 Å². The van der Waals surface area contributed by atoms with Crippen LogP contribution in [0.25, 0.3) is 0 Å². The Hall–Kier alpha value is 70.7. The molecule has 0 saturated carbocycles. The molecule has 75 heteroatoms. The molecule has 0 rings (SSSR count). The Morgan fingerprint density at radius 2 is 0.0267 bits per heavy atom. The quantitative estimate of drug-likeness (QED) is 0.212. The Balaban J connectivity index is 0. The summed E-state index contributed by atoms with van der Waals surface area (Å²) in [6, 6.07) is 0. The van der Waals surface area contributed by atoms with Crippen LogP contribution < -0.4 is 2040 Å². The molecule has 0 amide bonds. The summed E-state index contributed by atoms with van der Waals surface area (Å²) in [5.74, 6) is 0. The second-order valence-electron chi connectivity index (χ2n) is 0. The van der Waals surface area contributed by atoms with Crippen LogP contribution in [0.1, 0.15) is 0 Å². The zero-order valence-corrected chi connectivity index (χ0v) is 214. The SMILES string of the molecule is Cl.Cl.Cl.Cl.Cl.Cl.[Na+].[Na+].[Na+].[Na+].[Na+].[Na+].[Na+].[Na+].[Na+].[Na+].[Na+].[Na+].[Na+].[Na+].[Na+].[Na+].[Na+].[Na+].[Na+].[Na+].[Na+].[Na+].[Na+].[Na+].[Na+].[Na+].[Na+].[Na+].[Na+].[Na+].[Na+].[Na+].[Na+].[Na+].[Na+].[Na+].[Na+].[Na+].[Na+].[Na+].[Na+].[Na+].[Na+].[Na+].[Na+].[Na+].[Na+].[Na+].[Na+].[Na+].[Na+].[Na+].[Na+].[Na+].[Na+].[Na+].[Na+].[Na+].[Na+].[Na+].[Na+].[Na+].[Na+].[Na+].[Na+].[Na+].[Na+].[Na+].[Na+]. The summed E-state index contributed by atoms with van der Waals surface area (Å²) in [6.45, 7) is 0. The molecule has 0 nitrogen and oxygen atoms in total. The number of hydrogen-bond acceptors (Lipinski definition) is 0. The van der Waals surface area contributed by atoms with Gasteiger partial charge in [0, 0.05) is 0 Å². The summed E-state index contributed by atoms with van der Waals surface area (Å²) in [6.07, 6.45) is 0. The van der Waals surface area contributed by atoms with E-state index in [0.717, 1.165) is 0 Å². The van der Waals surface area contributed by atoms with Crippen molar-refractivity contribution < 1.29 is 2040 Å². The second-order valence-corrected chi connectivity index (χ2v) is 0. The van der Waals surface area contributed by atoms with Crippen molar-refractivity contribution in [2.24, 2.45) is 0 Å². The minimum Gasteiger partial charge on any atom is -0.147 e. The molecule has 0 heterocycles. The van der Waals surface area contributed by atoms with Crippen molar-refractivity contribution in [3.05, 3.63) is 0 Å². The molecule has 0 fully saturated rings. The predicted octanol–water partition coefficient (Wildman–Crippen LogP) is -204. The average Bonchev–Trinajstić information content (AvgIpc) is 0. The summed E-state index contributed by atoms with van der Waals surface area (Å²) < 4.78 is 0. The van der Waals surface area contributed by atoms with Gasteiger partial charge in [0.25, 0.3) is 0 Å². The molecule has 0 aromatic rings. The van der Waals surface area contributed by atoms with Crippen LogP contribution in [-0.4, -0.2) is 0 Å². The van der Waals surface area contributed by atoms with Crippen LogP contribution in [-0.2, 0) is 0 Å².